The van der Waals surface area contributed by atoms with E-state index in [-0.39, 0.29) is 19.1 Å². The standard InChI is InChI=1S/C10H18N4O3/c1-17-6-4-11-10(16)8-14-7-9(12-13-14)3-2-5-15/h7,15H,2-6,8H2,1H3,(H,11,16). The van der Waals surface area contributed by atoms with Gasteiger partial charge < -0.3 is 15.2 Å². The molecule has 0 saturated heterocycles. The molecule has 0 aromatic carbocycles. The summed E-state index contributed by atoms with van der Waals surface area (Å²) in [5.41, 5.74) is 0.781. The average Bonchev–Trinajstić information content (AvgIpc) is 2.74. The molecule has 96 valence electrons. The summed E-state index contributed by atoms with van der Waals surface area (Å²) in [7, 11) is 1.58. The summed E-state index contributed by atoms with van der Waals surface area (Å²) in [6.45, 7) is 1.26. The lowest BCUT2D eigenvalue weighted by Crippen LogP contribution is -2.30. The molecule has 0 fully saturated rings. The molecule has 0 unspecified atom stereocenters. The number of hydrogen-bond acceptors (Lipinski definition) is 5. The number of nitrogens with one attached hydrogen (secondary N) is 1. The Balaban J connectivity index is 2.30. The lowest BCUT2D eigenvalue weighted by atomic mass is 10.3. The van der Waals surface area contributed by atoms with Gasteiger partial charge >= 0.3 is 0 Å². The fraction of sp³-hybridized carbons (Fsp3) is 0.700. The molecule has 1 aromatic heterocycles. The molecule has 2 N–H and O–H groups in total. The van der Waals surface area contributed by atoms with Crippen LogP contribution in [-0.4, -0.2) is 52.9 Å². The fourth-order valence-corrected chi connectivity index (χ4v) is 1.29. The van der Waals surface area contributed by atoms with E-state index in [9.17, 15) is 4.79 Å². The fourth-order valence-electron chi connectivity index (χ4n) is 1.29. The van der Waals surface area contributed by atoms with Crippen LogP contribution in [0.2, 0.25) is 0 Å². The van der Waals surface area contributed by atoms with Gasteiger partial charge in [-0.1, -0.05) is 5.21 Å². The number of aliphatic hydroxyl groups excluding tert-OH is 1. The van der Waals surface area contributed by atoms with Crippen molar-refractivity contribution in [3.8, 4) is 0 Å². The normalized spacial score (nSPS) is 10.5. The van der Waals surface area contributed by atoms with Crippen molar-refractivity contribution in [1.82, 2.24) is 20.3 Å². The van der Waals surface area contributed by atoms with Crippen LogP contribution >= 0.6 is 0 Å². The summed E-state index contributed by atoms with van der Waals surface area (Å²) in [6.07, 6.45) is 3.03. The molecule has 7 heteroatoms. The highest BCUT2D eigenvalue weighted by molar-refractivity contribution is 5.75. The molecule has 17 heavy (non-hydrogen) atoms. The van der Waals surface area contributed by atoms with Crippen molar-refractivity contribution < 1.29 is 14.6 Å². The van der Waals surface area contributed by atoms with Gasteiger partial charge in [0.15, 0.2) is 0 Å². The van der Waals surface area contributed by atoms with Crippen LogP contribution < -0.4 is 5.32 Å². The van der Waals surface area contributed by atoms with E-state index in [0.29, 0.717) is 26.0 Å². The van der Waals surface area contributed by atoms with Gasteiger partial charge in [0.25, 0.3) is 0 Å². The van der Waals surface area contributed by atoms with E-state index in [1.54, 1.807) is 13.3 Å². The first-order chi connectivity index (χ1) is 8.26. The van der Waals surface area contributed by atoms with Gasteiger partial charge in [0.1, 0.15) is 6.54 Å². The topological polar surface area (TPSA) is 89.3 Å². The van der Waals surface area contributed by atoms with E-state index in [4.69, 9.17) is 9.84 Å². The second-order valence-corrected chi connectivity index (χ2v) is 3.58. The van der Waals surface area contributed by atoms with Crippen LogP contribution in [0.25, 0.3) is 0 Å². The molecular weight excluding hydrogens is 224 g/mol. The SMILES string of the molecule is COCCNC(=O)Cn1cc(CCCO)nn1. The maximum absolute atomic E-state index is 11.4. The maximum Gasteiger partial charge on any atom is 0.241 e. The van der Waals surface area contributed by atoms with E-state index in [2.05, 4.69) is 15.6 Å². The molecule has 0 bridgehead atoms. The van der Waals surface area contributed by atoms with Crippen molar-refractivity contribution in [2.24, 2.45) is 0 Å². The molecule has 1 amide bonds. The van der Waals surface area contributed by atoms with Crippen LogP contribution in [0.15, 0.2) is 6.20 Å². The van der Waals surface area contributed by atoms with Crippen molar-refractivity contribution in [1.29, 1.82) is 0 Å². The predicted molar refractivity (Wildman–Crippen MR) is 60.3 cm³/mol. The van der Waals surface area contributed by atoms with Crippen molar-refractivity contribution in [3.63, 3.8) is 0 Å². The highest BCUT2D eigenvalue weighted by Crippen LogP contribution is 1.97. The smallest absolute Gasteiger partial charge is 0.241 e. The minimum absolute atomic E-state index is 0.124. The summed E-state index contributed by atoms with van der Waals surface area (Å²) in [6, 6.07) is 0. The Hall–Kier alpha value is -1.47. The van der Waals surface area contributed by atoms with E-state index in [1.807, 2.05) is 0 Å². The minimum atomic E-state index is -0.124. The zero-order valence-electron chi connectivity index (χ0n) is 9.93. The number of methoxy groups -OCH3 is 1. The second kappa shape index (κ2) is 7.75. The molecule has 0 aliphatic carbocycles. The quantitative estimate of drug-likeness (QED) is 0.569. The highest BCUT2D eigenvalue weighted by Gasteiger charge is 2.05. The largest absolute Gasteiger partial charge is 0.396 e. The zero-order valence-corrected chi connectivity index (χ0v) is 9.93. The Morgan fingerprint density at radius 2 is 2.47 bits per heavy atom. The Morgan fingerprint density at radius 1 is 1.65 bits per heavy atom. The minimum Gasteiger partial charge on any atom is -0.396 e. The maximum atomic E-state index is 11.4. The number of rotatable bonds is 8. The van der Waals surface area contributed by atoms with Gasteiger partial charge in [0.2, 0.25) is 5.91 Å². The summed E-state index contributed by atoms with van der Waals surface area (Å²) in [5.74, 6) is -0.124. The van der Waals surface area contributed by atoms with Gasteiger partial charge in [-0.3, -0.25) is 4.79 Å². The van der Waals surface area contributed by atoms with Crippen molar-refractivity contribution in [2.45, 2.75) is 19.4 Å². The molecule has 1 aromatic rings. The number of aryl methyl sites for hydroxylation is 1. The monoisotopic (exact) mass is 242 g/mol. The zero-order chi connectivity index (χ0) is 12.5. The lowest BCUT2D eigenvalue weighted by Gasteiger charge is -2.03. The van der Waals surface area contributed by atoms with Crippen LogP contribution in [0.5, 0.6) is 0 Å². The molecule has 0 atom stereocenters. The third-order valence-electron chi connectivity index (χ3n) is 2.11. The van der Waals surface area contributed by atoms with E-state index in [1.165, 1.54) is 4.68 Å². The summed E-state index contributed by atoms with van der Waals surface area (Å²) in [5, 5.41) is 19.1. The van der Waals surface area contributed by atoms with Crippen LogP contribution in [0.4, 0.5) is 0 Å². The molecule has 0 saturated carbocycles. The number of hydrogen-bond donors (Lipinski definition) is 2. The van der Waals surface area contributed by atoms with Crippen LogP contribution in [0, 0.1) is 0 Å². The molecule has 7 nitrogen and oxygen atoms in total. The number of aliphatic hydroxyl groups is 1. The third kappa shape index (κ3) is 5.41. The number of carbonyl (C=O) groups is 1. The summed E-state index contributed by atoms with van der Waals surface area (Å²) >= 11 is 0. The number of carbonyl (C=O) groups excluding carboxylic acids is 1. The Bertz CT molecular complexity index is 340. The van der Waals surface area contributed by atoms with Crippen molar-refractivity contribution in [2.75, 3.05) is 26.9 Å². The van der Waals surface area contributed by atoms with E-state index >= 15 is 0 Å². The number of ether oxygens (including phenoxy) is 1. The summed E-state index contributed by atoms with van der Waals surface area (Å²) in [4.78, 5) is 11.4. The molecule has 0 radical (unpaired) electrons. The van der Waals surface area contributed by atoms with E-state index in [0.717, 1.165) is 5.69 Å². The Labute approximate surface area is 99.8 Å². The molecule has 1 rings (SSSR count). The van der Waals surface area contributed by atoms with Crippen LogP contribution in [-0.2, 0) is 22.5 Å². The first kappa shape index (κ1) is 13.6. The van der Waals surface area contributed by atoms with Gasteiger partial charge in [-0.05, 0) is 12.8 Å². The number of aromatic nitrogens is 3. The Morgan fingerprint density at radius 3 is 3.18 bits per heavy atom. The molecule has 0 aliphatic heterocycles. The van der Waals surface area contributed by atoms with E-state index < -0.39 is 0 Å². The van der Waals surface area contributed by atoms with Gasteiger partial charge in [0, 0.05) is 26.5 Å². The van der Waals surface area contributed by atoms with Crippen LogP contribution in [0.1, 0.15) is 12.1 Å². The molecule has 0 aliphatic rings. The number of nitrogens with zero attached hydrogens (tertiary/aromatic N) is 3. The molecule has 0 spiro atoms. The van der Waals surface area contributed by atoms with Crippen molar-refractivity contribution in [3.05, 3.63) is 11.9 Å². The van der Waals surface area contributed by atoms with Gasteiger partial charge in [0.05, 0.1) is 12.3 Å². The predicted octanol–water partition coefficient (Wildman–Crippen LogP) is -1.03. The van der Waals surface area contributed by atoms with Gasteiger partial charge in [-0.25, -0.2) is 4.68 Å². The molecule has 1 heterocycles. The van der Waals surface area contributed by atoms with Crippen LogP contribution in [0.3, 0.4) is 0 Å². The lowest BCUT2D eigenvalue weighted by molar-refractivity contribution is -0.122. The molecular formula is C10H18N4O3. The second-order valence-electron chi connectivity index (χ2n) is 3.58. The highest BCUT2D eigenvalue weighted by atomic mass is 16.5. The third-order valence-corrected chi connectivity index (χ3v) is 2.11. The number of amides is 1. The first-order valence-electron chi connectivity index (χ1n) is 5.51. The Kier molecular flexibility index (Phi) is 6.19. The average molecular weight is 242 g/mol. The van der Waals surface area contributed by atoms with Gasteiger partial charge in [-0.15, -0.1) is 5.10 Å². The van der Waals surface area contributed by atoms with Crippen molar-refractivity contribution >= 4 is 5.91 Å². The first-order valence-corrected chi connectivity index (χ1v) is 5.51. The summed E-state index contributed by atoms with van der Waals surface area (Å²) < 4.78 is 6.30. The van der Waals surface area contributed by atoms with Gasteiger partial charge in [-0.2, -0.15) is 0 Å².